The van der Waals surface area contributed by atoms with Gasteiger partial charge in [-0.2, -0.15) is 5.26 Å². The van der Waals surface area contributed by atoms with E-state index in [1.54, 1.807) is 6.07 Å². The maximum atomic E-state index is 8.91. The SMILES string of the molecule is CCC1CCC(Oc2c(N)cc(C#N)cc2I)CC1. The van der Waals surface area contributed by atoms with Crippen molar-refractivity contribution in [3.05, 3.63) is 21.3 Å². The van der Waals surface area contributed by atoms with Gasteiger partial charge in [-0.05, 0) is 66.3 Å². The Balaban J connectivity index is 2.06. The highest BCUT2D eigenvalue weighted by Gasteiger charge is 2.22. The highest BCUT2D eigenvalue weighted by atomic mass is 127. The van der Waals surface area contributed by atoms with E-state index < -0.39 is 0 Å². The number of ether oxygens (including phenoxy) is 1. The van der Waals surface area contributed by atoms with Gasteiger partial charge in [0.05, 0.1) is 27.0 Å². The lowest BCUT2D eigenvalue weighted by Crippen LogP contribution is -2.24. The average Bonchev–Trinajstić information content (AvgIpc) is 2.43. The van der Waals surface area contributed by atoms with Crippen molar-refractivity contribution in [3.8, 4) is 11.8 Å². The number of nitrogens with two attached hydrogens (primary N) is 1. The summed E-state index contributed by atoms with van der Waals surface area (Å²) in [5, 5.41) is 8.91. The molecule has 1 aromatic carbocycles. The van der Waals surface area contributed by atoms with E-state index in [1.165, 1.54) is 19.3 Å². The van der Waals surface area contributed by atoms with Crippen LogP contribution in [0.5, 0.6) is 5.75 Å². The fraction of sp³-hybridized carbons (Fsp3) is 0.533. The van der Waals surface area contributed by atoms with Crippen molar-refractivity contribution < 1.29 is 4.74 Å². The molecule has 0 aromatic heterocycles. The van der Waals surface area contributed by atoms with Crippen molar-refractivity contribution in [2.24, 2.45) is 5.92 Å². The second-order valence-corrected chi connectivity index (χ2v) is 6.32. The molecule has 0 atom stereocenters. The number of nitriles is 1. The number of hydrogen-bond acceptors (Lipinski definition) is 3. The molecule has 1 saturated carbocycles. The van der Waals surface area contributed by atoms with Crippen LogP contribution in [0.3, 0.4) is 0 Å². The molecule has 102 valence electrons. The van der Waals surface area contributed by atoms with Crippen molar-refractivity contribution in [2.75, 3.05) is 5.73 Å². The van der Waals surface area contributed by atoms with Gasteiger partial charge in [0.25, 0.3) is 0 Å². The van der Waals surface area contributed by atoms with Crippen LogP contribution in [0, 0.1) is 20.8 Å². The number of nitrogen functional groups attached to an aromatic ring is 1. The van der Waals surface area contributed by atoms with Crippen LogP contribution in [-0.4, -0.2) is 6.10 Å². The minimum absolute atomic E-state index is 0.270. The smallest absolute Gasteiger partial charge is 0.155 e. The van der Waals surface area contributed by atoms with Gasteiger partial charge in [-0.3, -0.25) is 0 Å². The number of hydrogen-bond donors (Lipinski definition) is 1. The first-order valence-electron chi connectivity index (χ1n) is 6.79. The predicted octanol–water partition coefficient (Wildman–Crippen LogP) is 4.09. The van der Waals surface area contributed by atoms with Crippen molar-refractivity contribution in [1.29, 1.82) is 5.26 Å². The van der Waals surface area contributed by atoms with Crippen LogP contribution < -0.4 is 10.5 Å². The minimum atomic E-state index is 0.270. The number of anilines is 1. The molecule has 1 fully saturated rings. The van der Waals surface area contributed by atoms with Crippen LogP contribution in [-0.2, 0) is 0 Å². The molecular formula is C15H19IN2O. The Bertz CT molecular complexity index is 464. The molecular weight excluding hydrogens is 351 g/mol. The van der Waals surface area contributed by atoms with Gasteiger partial charge in [0.2, 0.25) is 0 Å². The second kappa shape index (κ2) is 6.47. The number of benzene rings is 1. The quantitative estimate of drug-likeness (QED) is 0.644. The summed E-state index contributed by atoms with van der Waals surface area (Å²) in [7, 11) is 0. The Hall–Kier alpha value is -0.960. The molecule has 0 heterocycles. The van der Waals surface area contributed by atoms with Gasteiger partial charge in [0.1, 0.15) is 0 Å². The van der Waals surface area contributed by atoms with E-state index in [4.69, 9.17) is 15.7 Å². The summed E-state index contributed by atoms with van der Waals surface area (Å²) >= 11 is 2.19. The molecule has 2 rings (SSSR count). The Morgan fingerprint density at radius 2 is 2.05 bits per heavy atom. The Morgan fingerprint density at radius 1 is 1.37 bits per heavy atom. The Morgan fingerprint density at radius 3 is 2.58 bits per heavy atom. The zero-order chi connectivity index (χ0) is 13.8. The van der Waals surface area contributed by atoms with Crippen molar-refractivity contribution in [2.45, 2.75) is 45.1 Å². The first-order valence-corrected chi connectivity index (χ1v) is 7.87. The molecule has 0 unspecified atom stereocenters. The maximum absolute atomic E-state index is 8.91. The number of rotatable bonds is 3. The molecule has 4 heteroatoms. The summed E-state index contributed by atoms with van der Waals surface area (Å²) in [5.41, 5.74) is 7.14. The van der Waals surface area contributed by atoms with Gasteiger partial charge in [-0.15, -0.1) is 0 Å². The Labute approximate surface area is 128 Å². The lowest BCUT2D eigenvalue weighted by molar-refractivity contribution is 0.130. The highest BCUT2D eigenvalue weighted by Crippen LogP contribution is 2.34. The van der Waals surface area contributed by atoms with Crippen LogP contribution in [0.25, 0.3) is 0 Å². The van der Waals surface area contributed by atoms with E-state index in [9.17, 15) is 0 Å². The van der Waals surface area contributed by atoms with Crippen LogP contribution in [0.4, 0.5) is 5.69 Å². The molecule has 19 heavy (non-hydrogen) atoms. The molecule has 0 aliphatic heterocycles. The summed E-state index contributed by atoms with van der Waals surface area (Å²) in [6.45, 7) is 2.26. The van der Waals surface area contributed by atoms with Gasteiger partial charge >= 0.3 is 0 Å². The highest BCUT2D eigenvalue weighted by molar-refractivity contribution is 14.1. The summed E-state index contributed by atoms with van der Waals surface area (Å²) in [6, 6.07) is 5.63. The topological polar surface area (TPSA) is 59.0 Å². The third kappa shape index (κ3) is 3.53. The van der Waals surface area contributed by atoms with Crippen molar-refractivity contribution in [3.63, 3.8) is 0 Å². The lowest BCUT2D eigenvalue weighted by Gasteiger charge is -2.29. The Kier molecular flexibility index (Phi) is 4.92. The van der Waals surface area contributed by atoms with Crippen molar-refractivity contribution in [1.82, 2.24) is 0 Å². The summed E-state index contributed by atoms with van der Waals surface area (Å²) in [5.74, 6) is 1.61. The number of nitrogens with zero attached hydrogens (tertiary/aromatic N) is 1. The van der Waals surface area contributed by atoms with E-state index in [1.807, 2.05) is 6.07 Å². The van der Waals surface area contributed by atoms with Gasteiger partial charge < -0.3 is 10.5 Å². The zero-order valence-corrected chi connectivity index (χ0v) is 13.3. The molecule has 1 aliphatic rings. The van der Waals surface area contributed by atoms with Crippen LogP contribution in [0.2, 0.25) is 0 Å². The molecule has 0 bridgehead atoms. The first-order chi connectivity index (χ1) is 9.13. The normalized spacial score (nSPS) is 22.8. The minimum Gasteiger partial charge on any atom is -0.487 e. The predicted molar refractivity (Wildman–Crippen MR) is 85.0 cm³/mol. The lowest BCUT2D eigenvalue weighted by atomic mass is 9.86. The standard InChI is InChI=1S/C15H19IN2O/c1-2-10-3-5-12(6-4-10)19-15-13(16)7-11(9-17)8-14(15)18/h7-8,10,12H,2-6,18H2,1H3. The van der Waals surface area contributed by atoms with Crippen molar-refractivity contribution >= 4 is 28.3 Å². The molecule has 3 nitrogen and oxygen atoms in total. The van der Waals surface area contributed by atoms with Crippen LogP contribution in [0.15, 0.2) is 12.1 Å². The fourth-order valence-electron chi connectivity index (χ4n) is 2.63. The van der Waals surface area contributed by atoms with Gasteiger partial charge in [0.15, 0.2) is 5.75 Å². The third-order valence-corrected chi connectivity index (χ3v) is 4.66. The molecule has 0 saturated heterocycles. The molecule has 0 radical (unpaired) electrons. The third-order valence-electron chi connectivity index (χ3n) is 3.86. The summed E-state index contributed by atoms with van der Waals surface area (Å²) < 4.78 is 6.99. The molecule has 0 amide bonds. The molecule has 0 spiro atoms. The molecule has 1 aromatic rings. The molecule has 2 N–H and O–H groups in total. The average molecular weight is 370 g/mol. The van der Waals surface area contributed by atoms with E-state index in [0.29, 0.717) is 11.3 Å². The monoisotopic (exact) mass is 370 g/mol. The van der Waals surface area contributed by atoms with E-state index in [2.05, 4.69) is 35.6 Å². The maximum Gasteiger partial charge on any atom is 0.155 e. The second-order valence-electron chi connectivity index (χ2n) is 5.16. The zero-order valence-electron chi connectivity index (χ0n) is 11.2. The molecule has 1 aliphatic carbocycles. The fourth-order valence-corrected chi connectivity index (χ4v) is 3.40. The largest absolute Gasteiger partial charge is 0.487 e. The van der Waals surface area contributed by atoms with Gasteiger partial charge in [-0.1, -0.05) is 13.3 Å². The first kappa shape index (κ1) is 14.4. The summed E-state index contributed by atoms with van der Waals surface area (Å²) in [4.78, 5) is 0. The van der Waals surface area contributed by atoms with Crippen LogP contribution in [0.1, 0.15) is 44.6 Å². The van der Waals surface area contributed by atoms with E-state index in [-0.39, 0.29) is 6.10 Å². The van der Waals surface area contributed by atoms with Crippen LogP contribution >= 0.6 is 22.6 Å². The van der Waals surface area contributed by atoms with E-state index >= 15 is 0 Å². The van der Waals surface area contributed by atoms with Gasteiger partial charge in [-0.25, -0.2) is 0 Å². The van der Waals surface area contributed by atoms with E-state index in [0.717, 1.165) is 28.1 Å². The van der Waals surface area contributed by atoms with Gasteiger partial charge in [0, 0.05) is 0 Å². The summed E-state index contributed by atoms with van der Waals surface area (Å²) in [6.07, 6.45) is 6.24. The number of halogens is 1.